The van der Waals surface area contributed by atoms with Crippen LogP contribution in [0.15, 0.2) is 59.6 Å². The molecule has 12 nitrogen and oxygen atoms in total. The molecule has 3 heterocycles. The topological polar surface area (TPSA) is 181 Å². The number of halogens is 5. The van der Waals surface area contributed by atoms with Crippen molar-refractivity contribution in [2.75, 3.05) is 30.0 Å². The molecule has 1 aliphatic carbocycles. The molecule has 3 aromatic carbocycles. The lowest BCUT2D eigenvalue weighted by Crippen LogP contribution is -2.35. The molecule has 2 amide bonds. The number of carboxylic acids is 1. The average Bonchev–Trinajstić information content (AvgIpc) is 3.92. The van der Waals surface area contributed by atoms with Crippen LogP contribution in [0, 0.1) is 18.6 Å². The molecule has 7 rings (SSSR count). The summed E-state index contributed by atoms with van der Waals surface area (Å²) in [6, 6.07) is 11.2. The number of nitrogens with two attached hydrogens (primary N) is 1. The number of carboxylic acid groups (broad SMARTS) is 1. The van der Waals surface area contributed by atoms with Crippen LogP contribution in [0.2, 0.25) is 0 Å². The second-order valence-electron chi connectivity index (χ2n) is 12.8. The van der Waals surface area contributed by atoms with Crippen molar-refractivity contribution in [3.63, 3.8) is 0 Å². The van der Waals surface area contributed by atoms with Gasteiger partial charge in [0.15, 0.2) is 9.84 Å². The van der Waals surface area contributed by atoms with Gasteiger partial charge in [-0.25, -0.2) is 31.8 Å². The van der Waals surface area contributed by atoms with Crippen LogP contribution in [0.3, 0.4) is 0 Å². The first-order valence-electron chi connectivity index (χ1n) is 16.0. The Morgan fingerprint density at radius 1 is 1.08 bits per heavy atom. The maximum absolute atomic E-state index is 15.6. The van der Waals surface area contributed by atoms with Gasteiger partial charge in [0.1, 0.15) is 28.4 Å². The van der Waals surface area contributed by atoms with Gasteiger partial charge in [0.2, 0.25) is 5.91 Å². The number of sulfone groups is 1. The van der Waals surface area contributed by atoms with E-state index in [0.29, 0.717) is 29.5 Å². The van der Waals surface area contributed by atoms with Crippen LogP contribution in [0.4, 0.5) is 43.9 Å². The van der Waals surface area contributed by atoms with Crippen molar-refractivity contribution in [1.29, 1.82) is 0 Å². The minimum atomic E-state index is -5.08. The fourth-order valence-electron chi connectivity index (χ4n) is 5.96. The number of benzene rings is 3. The maximum atomic E-state index is 15.6. The van der Waals surface area contributed by atoms with Crippen LogP contribution in [-0.2, 0) is 30.7 Å². The van der Waals surface area contributed by atoms with Crippen molar-refractivity contribution in [3.8, 4) is 0 Å². The number of likely N-dealkylation sites (N-methyl/N-ethyl adjacent to an activating group) is 1. The molecule has 0 radical (unpaired) electrons. The van der Waals surface area contributed by atoms with Gasteiger partial charge < -0.3 is 25.8 Å². The number of aromatic nitrogens is 1. The van der Waals surface area contributed by atoms with E-state index in [9.17, 15) is 31.2 Å². The minimum Gasteiger partial charge on any atom is -0.475 e. The number of carbonyl (C=O) groups is 3. The summed E-state index contributed by atoms with van der Waals surface area (Å²) in [6.07, 6.45) is -3.63. The van der Waals surface area contributed by atoms with Crippen LogP contribution in [0.25, 0.3) is 10.8 Å². The van der Waals surface area contributed by atoms with Gasteiger partial charge in [0.05, 0.1) is 17.2 Å². The molecule has 1 aromatic heterocycles. The largest absolute Gasteiger partial charge is 0.490 e. The monoisotopic (exact) mass is 763 g/mol. The van der Waals surface area contributed by atoms with E-state index in [1.165, 1.54) is 30.3 Å². The van der Waals surface area contributed by atoms with Crippen molar-refractivity contribution in [1.82, 2.24) is 9.88 Å². The Morgan fingerprint density at radius 2 is 1.75 bits per heavy atom. The van der Waals surface area contributed by atoms with Gasteiger partial charge in [0, 0.05) is 37.1 Å². The molecule has 0 saturated heterocycles. The number of alkyl halides is 3. The van der Waals surface area contributed by atoms with Crippen molar-refractivity contribution in [2.45, 2.75) is 61.5 Å². The normalized spacial score (nSPS) is 18.2. The smallest absolute Gasteiger partial charge is 0.475 e. The number of carbonyl (C=O) groups excluding carboxylic acids is 2. The highest BCUT2D eigenvalue weighted by Gasteiger charge is 2.41. The van der Waals surface area contributed by atoms with E-state index in [-0.39, 0.29) is 41.5 Å². The van der Waals surface area contributed by atoms with E-state index >= 15 is 8.78 Å². The highest BCUT2D eigenvalue weighted by Crippen LogP contribution is 2.38. The summed E-state index contributed by atoms with van der Waals surface area (Å²) in [4.78, 5) is 40.5. The van der Waals surface area contributed by atoms with Gasteiger partial charge in [-0.15, -0.1) is 0 Å². The second kappa shape index (κ2) is 14.8. The summed E-state index contributed by atoms with van der Waals surface area (Å²) in [5.41, 5.74) is 8.46. The lowest BCUT2D eigenvalue weighted by Gasteiger charge is -2.28. The molecule has 5 N–H and O–H groups in total. The maximum Gasteiger partial charge on any atom is 0.490 e. The van der Waals surface area contributed by atoms with Crippen LogP contribution in [-0.4, -0.2) is 66.5 Å². The first-order valence-corrected chi connectivity index (χ1v) is 17.6. The first-order chi connectivity index (χ1) is 24.8. The van der Waals surface area contributed by atoms with E-state index in [4.69, 9.17) is 20.4 Å². The third kappa shape index (κ3) is 8.59. The summed E-state index contributed by atoms with van der Waals surface area (Å²) >= 11 is 0. The predicted octanol–water partition coefficient (Wildman–Crippen LogP) is 6.45. The van der Waals surface area contributed by atoms with Crippen molar-refractivity contribution < 1.29 is 54.6 Å². The van der Waals surface area contributed by atoms with Crippen molar-refractivity contribution in [3.05, 3.63) is 88.6 Å². The van der Waals surface area contributed by atoms with Crippen LogP contribution in [0.5, 0.6) is 0 Å². The first kappa shape index (κ1) is 38.7. The van der Waals surface area contributed by atoms with Gasteiger partial charge in [-0.1, -0.05) is 25.1 Å². The molecule has 1 saturated carbocycles. The number of nitrogen functional groups attached to an aromatic ring is 1. The fourth-order valence-corrected chi connectivity index (χ4v) is 7.87. The number of nitrogens with zero attached hydrogens (tertiary/aromatic N) is 2. The fraction of sp³-hybridized carbons (Fsp3) is 0.314. The van der Waals surface area contributed by atoms with E-state index in [1.807, 2.05) is 26.0 Å². The molecule has 0 spiro atoms. The SMILES string of the molecule is Cc1cc2ccc1[C@@H](C)COC(=O)Nc1cc(F)c(S(=O)(=O)C3CC3)c(c1)CN(C)C(=O)[C@@H]2Nc1cc(F)c2c(N)nccc2c1.O=C(O)C(F)(F)F. The zero-order valence-corrected chi connectivity index (χ0v) is 29.2. The molecule has 1 fully saturated rings. The Bertz CT molecular complexity index is 2210. The molecule has 4 aromatic rings. The summed E-state index contributed by atoms with van der Waals surface area (Å²) in [5, 5.41) is 12.7. The highest BCUT2D eigenvalue weighted by molar-refractivity contribution is 7.92. The molecule has 4 bridgehead atoms. The Labute approximate surface area is 300 Å². The van der Waals surface area contributed by atoms with Gasteiger partial charge in [0.25, 0.3) is 0 Å². The number of anilines is 3. The number of hydrogen-bond donors (Lipinski definition) is 4. The number of amides is 2. The number of pyridine rings is 1. The number of ether oxygens (including phenoxy) is 1. The molecule has 2 aliphatic heterocycles. The van der Waals surface area contributed by atoms with Crippen LogP contribution >= 0.6 is 0 Å². The summed E-state index contributed by atoms with van der Waals surface area (Å²) < 4.78 is 94.7. The lowest BCUT2D eigenvalue weighted by atomic mass is 9.93. The molecule has 53 heavy (non-hydrogen) atoms. The highest BCUT2D eigenvalue weighted by atomic mass is 32.2. The standard InChI is InChI=1S/C33H33F2N5O5S.C2HF3O2/c1-17-10-20-4-7-25(17)18(2)16-45-33(42)39-23-12-21(30(27(35)14-23)46(43,44)24-5-6-24)15-40(3)32(41)29(20)38-22-11-19-8-9-37-31(36)28(19)26(34)13-22;3-2(4,5)1(6)7/h4,7-14,18,24,29,38H,5-6,15-16H2,1-3H3,(H2,36,37)(H,39,42);(H,6,7)/t18-,29+;/m0./s1. The van der Waals surface area contributed by atoms with E-state index < -0.39 is 61.8 Å². The Kier molecular flexibility index (Phi) is 10.8. The third-order valence-corrected chi connectivity index (χ3v) is 11.0. The van der Waals surface area contributed by atoms with Gasteiger partial charge >= 0.3 is 18.2 Å². The van der Waals surface area contributed by atoms with Crippen molar-refractivity contribution >= 4 is 55.8 Å². The van der Waals surface area contributed by atoms with E-state index in [1.54, 1.807) is 18.2 Å². The van der Waals surface area contributed by atoms with Crippen molar-refractivity contribution in [2.24, 2.45) is 0 Å². The summed E-state index contributed by atoms with van der Waals surface area (Å²) in [7, 11) is -2.57. The van der Waals surface area contributed by atoms with E-state index in [2.05, 4.69) is 15.6 Å². The molecular weight excluding hydrogens is 729 g/mol. The number of aryl methyl sites for hydroxylation is 1. The van der Waals surface area contributed by atoms with Gasteiger partial charge in [-0.05, 0) is 77.7 Å². The summed E-state index contributed by atoms with van der Waals surface area (Å²) in [6.45, 7) is 3.45. The Morgan fingerprint density at radius 3 is 2.38 bits per heavy atom. The second-order valence-corrected chi connectivity index (χ2v) is 14.9. The average molecular weight is 764 g/mol. The van der Waals surface area contributed by atoms with Crippen LogP contribution in [0.1, 0.15) is 54.0 Å². The zero-order valence-electron chi connectivity index (χ0n) is 28.4. The number of nitrogens with one attached hydrogen (secondary N) is 2. The van der Waals surface area contributed by atoms with Gasteiger partial charge in [-0.3, -0.25) is 10.1 Å². The number of fused-ring (bicyclic) bond motifs is 10. The number of hydrogen-bond acceptors (Lipinski definition) is 9. The predicted molar refractivity (Wildman–Crippen MR) is 184 cm³/mol. The van der Waals surface area contributed by atoms with Crippen LogP contribution < -0.4 is 16.4 Å². The molecular formula is C35H34F5N5O7S. The molecule has 2 atom stereocenters. The third-order valence-electron chi connectivity index (χ3n) is 8.67. The number of rotatable bonds is 4. The Balaban J connectivity index is 0.000000705. The number of aliphatic carboxylic acids is 1. The molecule has 18 heteroatoms. The summed E-state index contributed by atoms with van der Waals surface area (Å²) in [5.74, 6) is -5.10. The molecule has 3 aliphatic rings. The molecule has 0 unspecified atom stereocenters. The van der Waals surface area contributed by atoms with Gasteiger partial charge in [-0.2, -0.15) is 13.2 Å². The quantitative estimate of drug-likeness (QED) is 0.169. The lowest BCUT2D eigenvalue weighted by molar-refractivity contribution is -0.192. The zero-order chi connectivity index (χ0) is 39.0. The van der Waals surface area contributed by atoms with E-state index in [0.717, 1.165) is 17.2 Å². The minimum absolute atomic E-state index is 0.00326. The molecule has 282 valence electrons. The Hall–Kier alpha value is -5.52.